The molecular formula is C35H46O12. The summed E-state index contributed by atoms with van der Waals surface area (Å²) >= 11 is 0. The molecule has 1 aromatic heterocycles. The molecule has 0 amide bonds. The highest BCUT2D eigenvalue weighted by atomic mass is 16.7. The van der Waals surface area contributed by atoms with E-state index in [4.69, 9.17) is 28.1 Å². The van der Waals surface area contributed by atoms with Crippen molar-refractivity contribution in [3.8, 4) is 0 Å². The van der Waals surface area contributed by atoms with E-state index in [2.05, 4.69) is 0 Å². The van der Waals surface area contributed by atoms with E-state index in [0.717, 1.165) is 5.56 Å². The first-order valence-corrected chi connectivity index (χ1v) is 16.8. The second-order valence-corrected chi connectivity index (χ2v) is 15.7. The summed E-state index contributed by atoms with van der Waals surface area (Å²) < 4.78 is 36.5. The minimum atomic E-state index is -1.50. The third kappa shape index (κ3) is 3.73. The molecule has 3 heterocycles. The Kier molecular flexibility index (Phi) is 7.21. The molecule has 12 nitrogen and oxygen atoms in total. The van der Waals surface area contributed by atoms with Crippen LogP contribution in [0.4, 0.5) is 0 Å². The number of hydrogen-bond donors (Lipinski definition) is 2. The van der Waals surface area contributed by atoms with Gasteiger partial charge in [0.25, 0.3) is 0 Å². The molecule has 2 N–H and O–H groups in total. The molecule has 15 atom stereocenters. The Hall–Kier alpha value is -2.80. The number of aliphatic hydroxyl groups excluding tert-OH is 2. The van der Waals surface area contributed by atoms with Gasteiger partial charge in [-0.15, -0.1) is 0 Å². The van der Waals surface area contributed by atoms with Crippen molar-refractivity contribution in [1.29, 1.82) is 0 Å². The zero-order valence-electron chi connectivity index (χ0n) is 28.0. The first kappa shape index (κ1) is 32.7. The standard InChI is InChI=1S/C35H46O12/c1-8-16(2)29(41)46-30-32(6)22-12-24-33(7)26(34(22,15-43-30)27(40)25(44-17(3)36)28(32)45-18(4)37)21(38)13-31(5)20(19-9-10-42-14-19)11-23(39)35(31,33)47-24/h9-10,14,16,20,22-28,30,39-40H,8,11-13,15H2,1-7H3/t16-,20+,22+,23-,24-,25-,26+,27+,28-,30+,31+,32-,33-,34+,35+/m1/s1. The van der Waals surface area contributed by atoms with Crippen LogP contribution in [0.1, 0.15) is 85.6 Å². The number of rotatable bonds is 6. The fourth-order valence-corrected chi connectivity index (χ4v) is 11.8. The fourth-order valence-electron chi connectivity index (χ4n) is 11.8. The van der Waals surface area contributed by atoms with Crippen molar-refractivity contribution in [2.75, 3.05) is 6.61 Å². The number of carbonyl (C=O) groups is 4. The van der Waals surface area contributed by atoms with Gasteiger partial charge < -0.3 is 38.3 Å². The Morgan fingerprint density at radius 3 is 2.38 bits per heavy atom. The van der Waals surface area contributed by atoms with Crippen molar-refractivity contribution >= 4 is 23.7 Å². The van der Waals surface area contributed by atoms with E-state index in [-0.39, 0.29) is 24.7 Å². The average Bonchev–Trinajstić information content (AvgIpc) is 3.60. The van der Waals surface area contributed by atoms with Crippen molar-refractivity contribution in [3.05, 3.63) is 24.2 Å². The predicted molar refractivity (Wildman–Crippen MR) is 160 cm³/mol. The largest absolute Gasteiger partial charge is 0.472 e. The molecule has 6 fully saturated rings. The minimum Gasteiger partial charge on any atom is -0.472 e. The molecule has 0 unspecified atom stereocenters. The second kappa shape index (κ2) is 10.4. The summed E-state index contributed by atoms with van der Waals surface area (Å²) in [5.74, 6) is -4.22. The van der Waals surface area contributed by atoms with Crippen molar-refractivity contribution in [2.45, 2.75) is 122 Å². The maximum absolute atomic E-state index is 14.9. The molecule has 258 valence electrons. The van der Waals surface area contributed by atoms with Crippen LogP contribution < -0.4 is 0 Å². The van der Waals surface area contributed by atoms with Crippen LogP contribution in [0.2, 0.25) is 0 Å². The van der Waals surface area contributed by atoms with Gasteiger partial charge in [0.15, 0.2) is 12.2 Å². The normalized spacial score (nSPS) is 49.8. The van der Waals surface area contributed by atoms with Gasteiger partial charge in [-0.25, -0.2) is 0 Å². The molecule has 2 saturated heterocycles. The first-order valence-electron chi connectivity index (χ1n) is 16.8. The van der Waals surface area contributed by atoms with E-state index in [1.54, 1.807) is 26.4 Å². The molecule has 0 aromatic carbocycles. The van der Waals surface area contributed by atoms with Crippen LogP contribution in [0.15, 0.2) is 23.0 Å². The highest BCUT2D eigenvalue weighted by molar-refractivity contribution is 5.87. The number of aliphatic hydroxyl groups is 2. The average molecular weight is 659 g/mol. The third-order valence-electron chi connectivity index (χ3n) is 13.7. The maximum atomic E-state index is 14.9. The molecule has 0 radical (unpaired) electrons. The number of furan rings is 1. The molecule has 4 saturated carbocycles. The molecule has 12 heteroatoms. The van der Waals surface area contributed by atoms with E-state index in [1.807, 2.05) is 26.8 Å². The summed E-state index contributed by atoms with van der Waals surface area (Å²) in [6.07, 6.45) is -2.40. The zero-order valence-corrected chi connectivity index (χ0v) is 28.0. The molecule has 6 aliphatic rings. The molecule has 1 spiro atoms. The van der Waals surface area contributed by atoms with Gasteiger partial charge in [0.2, 0.25) is 6.29 Å². The smallest absolute Gasteiger partial charge is 0.310 e. The van der Waals surface area contributed by atoms with Crippen LogP contribution in [0.3, 0.4) is 0 Å². The monoisotopic (exact) mass is 658 g/mol. The Morgan fingerprint density at radius 2 is 1.77 bits per heavy atom. The van der Waals surface area contributed by atoms with Gasteiger partial charge in [0, 0.05) is 42.4 Å². The molecule has 1 aromatic rings. The lowest BCUT2D eigenvalue weighted by Gasteiger charge is -2.81. The Labute approximate surface area is 273 Å². The molecule has 2 aliphatic heterocycles. The highest BCUT2D eigenvalue weighted by Gasteiger charge is 2.90. The molecular weight excluding hydrogens is 612 g/mol. The molecule has 47 heavy (non-hydrogen) atoms. The number of hydrogen-bond acceptors (Lipinski definition) is 12. The molecule has 7 rings (SSSR count). The van der Waals surface area contributed by atoms with E-state index < -0.39 is 99.7 Å². The van der Waals surface area contributed by atoms with E-state index in [9.17, 15) is 29.4 Å². The second-order valence-electron chi connectivity index (χ2n) is 15.7. The SMILES string of the molecule is CC[C@@H](C)C(=O)O[C@@H]1OC[C@@]23[C@H]4C(=O)C[C@@]5(C)[C@H](c6ccoc6)C[C@@H](O)[C@]56O[C@H](C[C@H]2[C@]1(C)[C@H](OC(C)=O)[C@H](OC(C)=O)[C@@H]3O)[C@]46C. The lowest BCUT2D eigenvalue weighted by Crippen LogP contribution is -2.90. The summed E-state index contributed by atoms with van der Waals surface area (Å²) in [4.78, 5) is 53.4. The van der Waals surface area contributed by atoms with Gasteiger partial charge in [0.05, 0.1) is 42.7 Å². The van der Waals surface area contributed by atoms with Gasteiger partial charge in [-0.2, -0.15) is 0 Å². The molecule has 2 bridgehead atoms. The number of ether oxygens (including phenoxy) is 5. The van der Waals surface area contributed by atoms with E-state index in [1.165, 1.54) is 13.8 Å². The summed E-state index contributed by atoms with van der Waals surface area (Å²) in [7, 11) is 0. The van der Waals surface area contributed by atoms with Crippen LogP contribution in [0.5, 0.6) is 0 Å². The Morgan fingerprint density at radius 1 is 1.06 bits per heavy atom. The van der Waals surface area contributed by atoms with Crippen molar-refractivity contribution in [1.82, 2.24) is 0 Å². The number of ketones is 1. The topological polar surface area (TPSA) is 168 Å². The quantitative estimate of drug-likeness (QED) is 0.339. The predicted octanol–water partition coefficient (Wildman–Crippen LogP) is 3.06. The van der Waals surface area contributed by atoms with Gasteiger partial charge >= 0.3 is 17.9 Å². The summed E-state index contributed by atoms with van der Waals surface area (Å²) in [6.45, 7) is 11.6. The number of carbonyl (C=O) groups excluding carboxylic acids is 4. The zero-order chi connectivity index (χ0) is 34.1. The van der Waals surface area contributed by atoms with Crippen LogP contribution in [0, 0.1) is 39.4 Å². The van der Waals surface area contributed by atoms with Crippen LogP contribution in [-0.2, 0) is 42.9 Å². The maximum Gasteiger partial charge on any atom is 0.310 e. The lowest BCUT2D eigenvalue weighted by molar-refractivity contribution is -0.458. The van der Waals surface area contributed by atoms with Crippen LogP contribution in [0.25, 0.3) is 0 Å². The summed E-state index contributed by atoms with van der Waals surface area (Å²) in [6, 6.07) is 1.86. The van der Waals surface area contributed by atoms with E-state index >= 15 is 0 Å². The Balaban J connectivity index is 1.40. The van der Waals surface area contributed by atoms with Crippen molar-refractivity contribution in [3.63, 3.8) is 0 Å². The summed E-state index contributed by atoms with van der Waals surface area (Å²) in [5.41, 5.74) is -4.72. The highest BCUT2D eigenvalue weighted by Crippen LogP contribution is 2.82. The van der Waals surface area contributed by atoms with Gasteiger partial charge in [-0.3, -0.25) is 19.2 Å². The van der Waals surface area contributed by atoms with Crippen molar-refractivity contribution in [2.24, 2.45) is 39.4 Å². The molecule has 4 aliphatic carbocycles. The van der Waals surface area contributed by atoms with Crippen LogP contribution in [-0.4, -0.2) is 82.9 Å². The first-order chi connectivity index (χ1) is 22.0. The third-order valence-corrected chi connectivity index (χ3v) is 13.7. The van der Waals surface area contributed by atoms with Gasteiger partial charge in [-0.05, 0) is 49.7 Å². The van der Waals surface area contributed by atoms with Gasteiger partial charge in [0.1, 0.15) is 17.5 Å². The van der Waals surface area contributed by atoms with Crippen LogP contribution >= 0.6 is 0 Å². The lowest BCUT2D eigenvalue weighted by atomic mass is 9.30. The number of Topliss-reactive ketones (excluding diaryl/α,β-unsaturated/α-hetero) is 1. The Bertz CT molecular complexity index is 1490. The minimum absolute atomic E-state index is 0.0584. The van der Waals surface area contributed by atoms with E-state index in [0.29, 0.717) is 19.3 Å². The number of esters is 3. The van der Waals surface area contributed by atoms with Gasteiger partial charge in [-0.1, -0.05) is 27.7 Å². The van der Waals surface area contributed by atoms with Crippen molar-refractivity contribution < 1.29 is 57.5 Å². The summed E-state index contributed by atoms with van der Waals surface area (Å²) in [5, 5.41) is 24.5. The fraction of sp³-hybridized carbons (Fsp3) is 0.771.